The van der Waals surface area contributed by atoms with Gasteiger partial charge in [-0.25, -0.2) is 4.79 Å². The molecular formula is C84H93Cl3N16O25. The lowest BCUT2D eigenvalue weighted by Gasteiger charge is -2.48. The number of amides is 9. The number of aromatic nitrogens is 2. The van der Waals surface area contributed by atoms with Crippen LogP contribution < -0.4 is 89.7 Å². The molecule has 9 amide bonds. The third-order valence-electron chi connectivity index (χ3n) is 22.0. The number of likely N-dealkylation sites (N-methyl/N-ethyl adjacent to an activating group) is 1. The van der Waals surface area contributed by atoms with E-state index >= 15 is 24.0 Å². The van der Waals surface area contributed by atoms with E-state index in [1.54, 1.807) is 31.2 Å². The molecule has 8 aliphatic rings. The fraction of sp³-hybridized carbons (Fsp3) is 0.381. The molecule has 0 saturated carbocycles. The molecule has 0 aliphatic carbocycles. The molecule has 18 atom stereocenters. The number of aliphatic imine (C=N–C) groups is 1. The van der Waals surface area contributed by atoms with Gasteiger partial charge in [0.15, 0.2) is 23.9 Å². The van der Waals surface area contributed by atoms with Gasteiger partial charge in [-0.05, 0) is 145 Å². The first-order valence-electron chi connectivity index (χ1n) is 40.3. The number of aromatic hydroxyl groups is 3. The first kappa shape index (κ1) is 93.3. The molecule has 7 aromatic rings. The molecule has 11 bridgehead atoms. The van der Waals surface area contributed by atoms with E-state index in [1.165, 1.54) is 55.1 Å². The van der Waals surface area contributed by atoms with Gasteiger partial charge in [0.05, 0.1) is 47.9 Å². The lowest BCUT2D eigenvalue weighted by Crippen LogP contribution is -2.65. The summed E-state index contributed by atoms with van der Waals surface area (Å²) < 4.78 is 40.7. The van der Waals surface area contributed by atoms with Crippen molar-refractivity contribution in [3.8, 4) is 57.1 Å². The number of benzene rings is 6. The number of hydrogen-bond acceptors (Lipinski definition) is 31. The summed E-state index contributed by atoms with van der Waals surface area (Å²) >= 11 is 20.4. The van der Waals surface area contributed by atoms with E-state index in [9.17, 15) is 69.9 Å². The summed E-state index contributed by atoms with van der Waals surface area (Å²) in [7, 11) is 1.47. The Hall–Kier alpha value is -12.3. The Kier molecular flexibility index (Phi) is 29.1. The number of anilines is 1. The molecular weight excluding hydrogens is 1740 g/mol. The number of primary amides is 1. The van der Waals surface area contributed by atoms with E-state index in [1.807, 2.05) is 13.8 Å². The van der Waals surface area contributed by atoms with E-state index < -0.39 is 254 Å². The molecule has 44 heteroatoms. The SMILES string of the molecule is CNC(CC(C)C)C(=O)NC1C(=O)NC(CC(N)=O)C(=O)NC2C(=O)NC3C(=O)NC(C(=O)N[C@@H](C(=O)NNC4=NCCN4)c4cc(O)cc(O)c4-c4cc3ccc4O)C(O)c3ccc(c(Cl)c3)Oc3cc2cc(c3OC2OC(CO)C(O)C(O)C2OC2C[C@](C)(NCCn3ccc(NC(=O)/C=C/c4ccc(Cl)cc4)nc3=O)C(O)C(C)O2)Oc2ccc(cc2Cl)C1O. The van der Waals surface area contributed by atoms with Crippen molar-refractivity contribution in [2.24, 2.45) is 16.6 Å². The second kappa shape index (κ2) is 39.9. The molecule has 680 valence electrons. The first-order valence-corrected chi connectivity index (χ1v) is 41.4. The molecule has 0 radical (unpaired) electrons. The maximum absolute atomic E-state index is 16.4. The minimum absolute atomic E-state index is 0.0346. The molecule has 23 N–H and O–H groups in total. The number of hydrogen-bond donors (Lipinski definition) is 22. The van der Waals surface area contributed by atoms with E-state index in [0.717, 1.165) is 66.7 Å². The van der Waals surface area contributed by atoms with Crippen molar-refractivity contribution >= 4 is 106 Å². The molecule has 1 aromatic heterocycles. The lowest BCUT2D eigenvalue weighted by atomic mass is 9.85. The second-order valence-corrected chi connectivity index (χ2v) is 32.9. The van der Waals surface area contributed by atoms with Crippen molar-refractivity contribution in [1.82, 2.24) is 68.3 Å². The van der Waals surface area contributed by atoms with Crippen LogP contribution in [0.25, 0.3) is 17.2 Å². The molecule has 16 unspecified atom stereocenters. The molecule has 9 heterocycles. The number of hydrazine groups is 1. The third-order valence-corrected chi connectivity index (χ3v) is 22.9. The second-order valence-electron chi connectivity index (χ2n) is 31.6. The summed E-state index contributed by atoms with van der Waals surface area (Å²) in [6.07, 6.45) is -15.3. The van der Waals surface area contributed by atoms with Crippen LogP contribution in [0.3, 0.4) is 0 Å². The number of fused-ring (bicyclic) bond motifs is 15. The van der Waals surface area contributed by atoms with E-state index in [4.69, 9.17) is 69.0 Å². The number of aliphatic hydroxyl groups excluding tert-OH is 6. The number of ether oxygens (including phenoxy) is 6. The zero-order chi connectivity index (χ0) is 92.0. The van der Waals surface area contributed by atoms with Crippen molar-refractivity contribution in [3.05, 3.63) is 180 Å². The Bertz CT molecular complexity index is 5560. The molecule has 2 saturated heterocycles. The number of phenols is 3. The van der Waals surface area contributed by atoms with E-state index in [0.29, 0.717) is 17.1 Å². The van der Waals surface area contributed by atoms with Gasteiger partial charge >= 0.3 is 5.69 Å². The zero-order valence-corrected chi connectivity index (χ0v) is 71.1. The summed E-state index contributed by atoms with van der Waals surface area (Å²) in [5, 5.41) is 133. The van der Waals surface area contributed by atoms with Gasteiger partial charge in [0.1, 0.15) is 101 Å². The Labute approximate surface area is 743 Å². The number of halogens is 3. The van der Waals surface area contributed by atoms with Crippen molar-refractivity contribution in [2.45, 2.75) is 163 Å². The standard InChI is InChI=1S/C84H93Cl3N16O25/c1-35(2)24-48(89-5)74(115)99-65-67(110)39-10-15-52(46(86)26-39)124-54-28-41-29-55(71(54)128-81-72(70(113)69(112)56(34-104)126-81)127-60-33-84(4,73(114)36(3)123-60)92-21-23-103-22-18-58(95-83(103)122)94-59(109)17-8-37-6-12-42(85)13-7-37)125-53-16-11-40(27-47(53)87)68(111)66-79(120)98-64(80(121)101-102-82-90-19-20-91-82)45-30-43(105)31-51(107)61(45)44-25-38(9-14-50(44)106)62(76(117)100-66)97-77(118)63(41)96-75(116)49(32-57(88)108)93-78(65)119/h6-18,22,25-31,35-36,48-49,56,60,62-70,72-73,81,89,92,104-107,110-114H,19-21,23-24,32-34H2,1-5H3,(H2,88,108)(H,93,119)(H,96,116)(H,97,118)(H,98,120)(H,99,115)(H,100,117)(H,101,121)(H2,90,91,102)(H,94,95,109,122)/b17-8+/t36?,48?,49?,56?,60?,62?,63?,64-,65?,66?,67?,68?,69?,70?,72?,73?,81?,84+/m1/s1. The Morgan fingerprint density at radius 2 is 1.40 bits per heavy atom. The van der Waals surface area contributed by atoms with E-state index in [-0.39, 0.29) is 72.6 Å². The lowest BCUT2D eigenvalue weighted by molar-refractivity contribution is -0.334. The van der Waals surface area contributed by atoms with Gasteiger partial charge in [0.25, 0.3) is 5.91 Å². The van der Waals surface area contributed by atoms with Crippen LogP contribution >= 0.6 is 34.8 Å². The summed E-state index contributed by atoms with van der Waals surface area (Å²) in [4.78, 5) is 155. The predicted octanol–water partition coefficient (Wildman–Crippen LogP) is 0.795. The highest BCUT2D eigenvalue weighted by molar-refractivity contribution is 6.32. The number of nitrogens with two attached hydrogens (primary N) is 1. The van der Waals surface area contributed by atoms with Crippen LogP contribution in [0.1, 0.15) is 111 Å². The maximum Gasteiger partial charge on any atom is 0.349 e. The van der Waals surface area contributed by atoms with Crippen LogP contribution in [0, 0.1) is 5.92 Å². The molecule has 15 rings (SSSR count). The smallest absolute Gasteiger partial charge is 0.349 e. The number of nitrogens with zero attached hydrogens (tertiary/aromatic N) is 3. The number of carbonyl (C=O) groups is 9. The minimum Gasteiger partial charge on any atom is -0.508 e. The zero-order valence-electron chi connectivity index (χ0n) is 68.8. The fourth-order valence-electron chi connectivity index (χ4n) is 15.4. The monoisotopic (exact) mass is 1830 g/mol. The third kappa shape index (κ3) is 21.2. The number of guanidine groups is 1. The Morgan fingerprint density at radius 1 is 0.734 bits per heavy atom. The van der Waals surface area contributed by atoms with Gasteiger partial charge in [0, 0.05) is 66.1 Å². The summed E-state index contributed by atoms with van der Waals surface area (Å²) in [6, 6.07) is 7.73. The van der Waals surface area contributed by atoms with Crippen LogP contribution in [-0.4, -0.2) is 227 Å². The Balaban J connectivity index is 0.940. The van der Waals surface area contributed by atoms with Gasteiger partial charge < -0.3 is 133 Å². The van der Waals surface area contributed by atoms with Crippen molar-refractivity contribution < 1.29 is 118 Å². The number of rotatable bonds is 20. The molecule has 8 aliphatic heterocycles. The molecule has 41 nitrogen and oxygen atoms in total. The summed E-state index contributed by atoms with van der Waals surface area (Å²) in [5.41, 5.74) is 6.66. The molecule has 2 fully saturated rings. The van der Waals surface area contributed by atoms with Gasteiger partial charge in [-0.3, -0.25) is 63.6 Å². The van der Waals surface area contributed by atoms with Crippen LogP contribution in [0.5, 0.6) is 46.0 Å². The largest absolute Gasteiger partial charge is 0.508 e. The fourth-order valence-corrected chi connectivity index (χ4v) is 16.0. The summed E-state index contributed by atoms with van der Waals surface area (Å²) in [6.45, 7) is 6.25. The average molecular weight is 1830 g/mol. The minimum atomic E-state index is -2.39. The van der Waals surface area contributed by atoms with E-state index in [2.05, 4.69) is 74.0 Å². The Morgan fingerprint density at radius 3 is 2.04 bits per heavy atom. The number of nitrogens with one attached hydrogen (secondary N) is 12. The number of aliphatic hydroxyl groups is 6. The topological polar surface area (TPSA) is 609 Å². The first-order chi connectivity index (χ1) is 60.9. The maximum atomic E-state index is 16.4. The van der Waals surface area contributed by atoms with Crippen LogP contribution in [0.4, 0.5) is 5.82 Å². The number of phenolic OH excluding ortho intramolecular Hbond substituents is 3. The molecule has 128 heavy (non-hydrogen) atoms. The quantitative estimate of drug-likeness (QED) is 0.0371. The van der Waals surface area contributed by atoms with Gasteiger partial charge in [-0.1, -0.05) is 79.0 Å². The normalized spacial score (nSPS) is 26.1. The van der Waals surface area contributed by atoms with Gasteiger partial charge in [-0.15, -0.1) is 0 Å². The number of carbonyl (C=O) groups excluding carboxylic acids is 9. The molecule has 0 spiro atoms. The van der Waals surface area contributed by atoms with Gasteiger partial charge in [-0.2, -0.15) is 4.98 Å². The highest BCUT2D eigenvalue weighted by Gasteiger charge is 2.52. The van der Waals surface area contributed by atoms with Crippen LogP contribution in [0.2, 0.25) is 15.1 Å². The molecule has 6 aromatic carbocycles. The van der Waals surface area contributed by atoms with Crippen LogP contribution in [-0.2, 0) is 63.9 Å². The highest BCUT2D eigenvalue weighted by atomic mass is 35.5. The summed E-state index contributed by atoms with van der Waals surface area (Å²) in [5.74, 6) is -16.0. The van der Waals surface area contributed by atoms with Gasteiger partial charge in [0.2, 0.25) is 65.3 Å². The predicted molar refractivity (Wildman–Crippen MR) is 455 cm³/mol. The highest BCUT2D eigenvalue weighted by Crippen LogP contribution is 2.50. The van der Waals surface area contributed by atoms with Crippen molar-refractivity contribution in [2.75, 3.05) is 38.6 Å². The van der Waals surface area contributed by atoms with Crippen molar-refractivity contribution in [1.29, 1.82) is 0 Å². The average Bonchev–Trinajstić information content (AvgIpc) is 0.792. The van der Waals surface area contributed by atoms with Crippen LogP contribution in [0.15, 0.2) is 131 Å². The van der Waals surface area contributed by atoms with Crippen molar-refractivity contribution in [3.63, 3.8) is 0 Å².